The first-order valence-electron chi connectivity index (χ1n) is 7.61. The standard InChI is InChI=1S/C15H29N3/c1-3-17-12-15(13-18(4-2)11-10-16)14-8-6-5-7-9-14/h14-15,17H,3-9,11-13H2,1-2H3. The summed E-state index contributed by atoms with van der Waals surface area (Å²) in [5.74, 6) is 1.59. The van der Waals surface area contributed by atoms with Crippen LogP contribution >= 0.6 is 0 Å². The zero-order chi connectivity index (χ0) is 13.2. The van der Waals surface area contributed by atoms with Crippen molar-refractivity contribution < 1.29 is 0 Å². The second kappa shape index (κ2) is 9.35. The lowest BCUT2D eigenvalue weighted by molar-refractivity contribution is 0.175. The zero-order valence-electron chi connectivity index (χ0n) is 12.1. The van der Waals surface area contributed by atoms with E-state index in [0.29, 0.717) is 6.54 Å². The van der Waals surface area contributed by atoms with Crippen LogP contribution < -0.4 is 5.32 Å². The monoisotopic (exact) mass is 251 g/mol. The van der Waals surface area contributed by atoms with E-state index in [9.17, 15) is 0 Å². The summed E-state index contributed by atoms with van der Waals surface area (Å²) in [6.45, 7) is 9.14. The molecule has 1 aliphatic carbocycles. The van der Waals surface area contributed by atoms with Crippen LogP contribution in [0.5, 0.6) is 0 Å². The van der Waals surface area contributed by atoms with Gasteiger partial charge in [-0.2, -0.15) is 5.26 Å². The third-order valence-electron chi connectivity index (χ3n) is 4.21. The first kappa shape index (κ1) is 15.5. The zero-order valence-corrected chi connectivity index (χ0v) is 12.1. The summed E-state index contributed by atoms with van der Waals surface area (Å²) in [6.07, 6.45) is 7.00. The van der Waals surface area contributed by atoms with Crippen LogP contribution in [0.4, 0.5) is 0 Å². The minimum atomic E-state index is 0.575. The van der Waals surface area contributed by atoms with Gasteiger partial charge < -0.3 is 5.32 Å². The van der Waals surface area contributed by atoms with Crippen molar-refractivity contribution in [3.8, 4) is 6.07 Å². The molecule has 0 aromatic heterocycles. The lowest BCUT2D eigenvalue weighted by Gasteiger charge is -2.33. The molecule has 1 atom stereocenters. The minimum absolute atomic E-state index is 0.575. The summed E-state index contributed by atoms with van der Waals surface area (Å²) < 4.78 is 0. The Morgan fingerprint density at radius 1 is 1.28 bits per heavy atom. The van der Waals surface area contributed by atoms with Gasteiger partial charge in [0.25, 0.3) is 0 Å². The predicted octanol–water partition coefficient (Wildman–Crippen LogP) is 2.64. The topological polar surface area (TPSA) is 39.1 Å². The molecule has 0 heterocycles. The van der Waals surface area contributed by atoms with E-state index in [4.69, 9.17) is 5.26 Å². The van der Waals surface area contributed by atoms with Crippen molar-refractivity contribution in [2.45, 2.75) is 46.0 Å². The molecule has 1 fully saturated rings. The van der Waals surface area contributed by atoms with Gasteiger partial charge in [0.05, 0.1) is 12.6 Å². The maximum Gasteiger partial charge on any atom is 0.0865 e. The van der Waals surface area contributed by atoms with Gasteiger partial charge in [0.2, 0.25) is 0 Å². The van der Waals surface area contributed by atoms with E-state index in [1.54, 1.807) is 0 Å². The molecule has 0 radical (unpaired) electrons. The first-order valence-corrected chi connectivity index (χ1v) is 7.61. The Kier molecular flexibility index (Phi) is 8.04. The summed E-state index contributed by atoms with van der Waals surface area (Å²) in [5.41, 5.74) is 0. The second-order valence-electron chi connectivity index (χ2n) is 5.45. The predicted molar refractivity (Wildman–Crippen MR) is 76.3 cm³/mol. The average Bonchev–Trinajstić information content (AvgIpc) is 2.43. The fraction of sp³-hybridized carbons (Fsp3) is 0.933. The van der Waals surface area contributed by atoms with Gasteiger partial charge in [-0.25, -0.2) is 0 Å². The Balaban J connectivity index is 2.50. The van der Waals surface area contributed by atoms with Gasteiger partial charge in [0, 0.05) is 6.54 Å². The smallest absolute Gasteiger partial charge is 0.0865 e. The van der Waals surface area contributed by atoms with E-state index < -0.39 is 0 Å². The number of nitriles is 1. The molecule has 1 saturated carbocycles. The Morgan fingerprint density at radius 3 is 2.56 bits per heavy atom. The fourth-order valence-electron chi connectivity index (χ4n) is 3.05. The summed E-state index contributed by atoms with van der Waals surface area (Å²) in [5, 5.41) is 12.4. The van der Waals surface area contributed by atoms with Gasteiger partial charge in [-0.3, -0.25) is 4.90 Å². The van der Waals surface area contributed by atoms with Crippen LogP contribution in [0.15, 0.2) is 0 Å². The molecule has 1 N–H and O–H groups in total. The van der Waals surface area contributed by atoms with Crippen LogP contribution in [0.25, 0.3) is 0 Å². The highest BCUT2D eigenvalue weighted by Crippen LogP contribution is 2.30. The minimum Gasteiger partial charge on any atom is -0.317 e. The van der Waals surface area contributed by atoms with Crippen molar-refractivity contribution in [2.75, 3.05) is 32.7 Å². The Hall–Kier alpha value is -0.590. The number of rotatable bonds is 8. The molecule has 0 aliphatic heterocycles. The highest BCUT2D eigenvalue weighted by molar-refractivity contribution is 4.82. The van der Waals surface area contributed by atoms with Crippen molar-refractivity contribution in [2.24, 2.45) is 11.8 Å². The summed E-state index contributed by atoms with van der Waals surface area (Å²) in [6, 6.07) is 2.29. The third-order valence-corrected chi connectivity index (χ3v) is 4.21. The highest BCUT2D eigenvalue weighted by Gasteiger charge is 2.24. The molecule has 1 rings (SSSR count). The Morgan fingerprint density at radius 2 is 2.00 bits per heavy atom. The van der Waals surface area contributed by atoms with Crippen LogP contribution in [0.3, 0.4) is 0 Å². The molecule has 3 heteroatoms. The second-order valence-corrected chi connectivity index (χ2v) is 5.45. The largest absolute Gasteiger partial charge is 0.317 e. The van der Waals surface area contributed by atoms with Crippen LogP contribution in [0.1, 0.15) is 46.0 Å². The third kappa shape index (κ3) is 5.37. The van der Waals surface area contributed by atoms with Gasteiger partial charge in [-0.05, 0) is 31.5 Å². The van der Waals surface area contributed by atoms with Gasteiger partial charge in [0.15, 0.2) is 0 Å². The van der Waals surface area contributed by atoms with Crippen molar-refractivity contribution in [3.63, 3.8) is 0 Å². The Labute approximate surface area is 113 Å². The molecule has 1 aliphatic rings. The summed E-state index contributed by atoms with van der Waals surface area (Å²) >= 11 is 0. The molecule has 104 valence electrons. The Bertz CT molecular complexity index is 241. The fourth-order valence-corrected chi connectivity index (χ4v) is 3.05. The normalized spacial score (nSPS) is 18.8. The number of hydrogen-bond donors (Lipinski definition) is 1. The van der Waals surface area contributed by atoms with Gasteiger partial charge >= 0.3 is 0 Å². The molecular weight excluding hydrogens is 222 g/mol. The number of nitrogens with one attached hydrogen (secondary N) is 1. The molecule has 0 bridgehead atoms. The van der Waals surface area contributed by atoms with Gasteiger partial charge in [0.1, 0.15) is 0 Å². The van der Waals surface area contributed by atoms with Gasteiger partial charge in [-0.15, -0.1) is 0 Å². The maximum absolute atomic E-state index is 8.86. The number of hydrogen-bond acceptors (Lipinski definition) is 3. The SMILES string of the molecule is CCNCC(CN(CC)CC#N)C1CCCCC1. The molecule has 18 heavy (non-hydrogen) atoms. The molecule has 0 aromatic rings. The van der Waals surface area contributed by atoms with Crippen molar-refractivity contribution in [1.29, 1.82) is 5.26 Å². The average molecular weight is 251 g/mol. The molecule has 0 aromatic carbocycles. The molecule has 0 amide bonds. The lowest BCUT2D eigenvalue weighted by atomic mass is 9.79. The summed E-state index contributed by atoms with van der Waals surface area (Å²) in [4.78, 5) is 2.29. The van der Waals surface area contributed by atoms with Crippen molar-refractivity contribution in [1.82, 2.24) is 10.2 Å². The lowest BCUT2D eigenvalue weighted by Crippen LogP contribution is -2.39. The molecule has 0 saturated heterocycles. The van der Waals surface area contributed by atoms with E-state index in [0.717, 1.165) is 38.0 Å². The molecule has 1 unspecified atom stereocenters. The first-order chi connectivity index (χ1) is 8.81. The van der Waals surface area contributed by atoms with Gasteiger partial charge in [-0.1, -0.05) is 46.0 Å². The van der Waals surface area contributed by atoms with E-state index in [1.807, 2.05) is 0 Å². The van der Waals surface area contributed by atoms with E-state index >= 15 is 0 Å². The van der Waals surface area contributed by atoms with E-state index in [-0.39, 0.29) is 0 Å². The van der Waals surface area contributed by atoms with E-state index in [1.165, 1.54) is 32.1 Å². The molecular formula is C15H29N3. The maximum atomic E-state index is 8.86. The van der Waals surface area contributed by atoms with Crippen molar-refractivity contribution in [3.05, 3.63) is 0 Å². The van der Waals surface area contributed by atoms with Crippen LogP contribution in [-0.2, 0) is 0 Å². The highest BCUT2D eigenvalue weighted by atomic mass is 15.1. The molecule has 3 nitrogen and oxygen atoms in total. The summed E-state index contributed by atoms with van der Waals surface area (Å²) in [7, 11) is 0. The quantitative estimate of drug-likeness (QED) is 0.674. The van der Waals surface area contributed by atoms with E-state index in [2.05, 4.69) is 30.1 Å². The number of nitrogens with zero attached hydrogens (tertiary/aromatic N) is 2. The van der Waals surface area contributed by atoms with Crippen LogP contribution in [-0.4, -0.2) is 37.6 Å². The van der Waals surface area contributed by atoms with Crippen LogP contribution in [0, 0.1) is 23.2 Å². The molecule has 0 spiro atoms. The van der Waals surface area contributed by atoms with Crippen LogP contribution in [0.2, 0.25) is 0 Å². The van der Waals surface area contributed by atoms with Crippen molar-refractivity contribution >= 4 is 0 Å².